The summed E-state index contributed by atoms with van der Waals surface area (Å²) in [5, 5.41) is 22.0. The second-order valence-electron chi connectivity index (χ2n) is 6.19. The van der Waals surface area contributed by atoms with Crippen LogP contribution in [0.2, 0.25) is 0 Å². The van der Waals surface area contributed by atoms with Crippen LogP contribution in [0.5, 0.6) is 0 Å². The van der Waals surface area contributed by atoms with Crippen molar-refractivity contribution in [3.05, 3.63) is 35.3 Å². The van der Waals surface area contributed by atoms with E-state index in [9.17, 15) is 13.2 Å². The minimum Gasteiger partial charge on any atom is -0.316 e. The molecule has 1 atom stereocenters. The Bertz CT molecular complexity index is 1210. The lowest BCUT2D eigenvalue weighted by molar-refractivity contribution is -0.115. The molecule has 0 aromatic carbocycles. The summed E-state index contributed by atoms with van der Waals surface area (Å²) in [6, 6.07) is 6.76. The van der Waals surface area contributed by atoms with Crippen LogP contribution >= 0.6 is 23.1 Å². The zero-order valence-electron chi connectivity index (χ0n) is 16.6. The van der Waals surface area contributed by atoms with E-state index in [0.29, 0.717) is 34.5 Å². The predicted molar refractivity (Wildman–Crippen MR) is 116 cm³/mol. The molecule has 0 bridgehead atoms. The number of carbonyl (C=O) groups is 1. The van der Waals surface area contributed by atoms with Crippen LogP contribution in [-0.4, -0.2) is 51.6 Å². The maximum atomic E-state index is 12.8. The van der Waals surface area contributed by atoms with Crippen molar-refractivity contribution in [3.63, 3.8) is 0 Å². The molecule has 0 fully saturated rings. The van der Waals surface area contributed by atoms with Crippen LogP contribution in [0.4, 0.5) is 5.00 Å². The van der Waals surface area contributed by atoms with E-state index in [4.69, 9.17) is 5.26 Å². The molecule has 0 spiro atoms. The summed E-state index contributed by atoms with van der Waals surface area (Å²) in [6.07, 6.45) is 1.48. The van der Waals surface area contributed by atoms with Crippen molar-refractivity contribution in [2.45, 2.75) is 36.1 Å². The van der Waals surface area contributed by atoms with Gasteiger partial charge in [-0.2, -0.15) is 9.57 Å². The number of amides is 1. The number of fused-ring (bicyclic) bond motifs is 1. The molecule has 0 radical (unpaired) electrons. The Kier molecular flexibility index (Phi) is 6.77. The average Bonchev–Trinajstić information content (AvgIpc) is 3.34. The normalized spacial score (nSPS) is 12.8. The molecule has 3 heterocycles. The second kappa shape index (κ2) is 9.13. The van der Waals surface area contributed by atoms with Gasteiger partial charge in [-0.15, -0.1) is 21.5 Å². The summed E-state index contributed by atoms with van der Waals surface area (Å²) in [5.74, 6) is -0.289. The van der Waals surface area contributed by atoms with Crippen LogP contribution in [0.15, 0.2) is 39.8 Å². The molecule has 3 aromatic rings. The lowest BCUT2D eigenvalue weighted by atomic mass is 10.3. The molecule has 1 unspecified atom stereocenters. The van der Waals surface area contributed by atoms with Crippen LogP contribution in [-0.2, 0) is 14.8 Å². The first-order valence-corrected chi connectivity index (χ1v) is 12.3. The molecule has 0 saturated carbocycles. The van der Waals surface area contributed by atoms with Crippen LogP contribution in [0.3, 0.4) is 0 Å². The fraction of sp³-hybridized carbons (Fsp3) is 0.333. The number of nitrogens with zero attached hydrogens (tertiary/aromatic N) is 5. The number of pyridine rings is 1. The van der Waals surface area contributed by atoms with Crippen LogP contribution in [0, 0.1) is 11.3 Å². The van der Waals surface area contributed by atoms with E-state index in [2.05, 4.69) is 15.5 Å². The Balaban J connectivity index is 1.84. The van der Waals surface area contributed by atoms with Crippen molar-refractivity contribution >= 4 is 49.7 Å². The van der Waals surface area contributed by atoms with Crippen LogP contribution < -0.4 is 5.32 Å². The number of carbonyl (C=O) groups excluding carboxylic acids is 1. The number of nitrogens with one attached hydrogen (secondary N) is 1. The second-order valence-corrected chi connectivity index (χ2v) is 10.4. The third-order valence-electron chi connectivity index (χ3n) is 4.36. The van der Waals surface area contributed by atoms with Crippen molar-refractivity contribution < 1.29 is 13.2 Å². The van der Waals surface area contributed by atoms with Crippen LogP contribution in [0.25, 0.3) is 5.65 Å². The first-order chi connectivity index (χ1) is 14.3. The number of rotatable bonds is 8. The Labute approximate surface area is 182 Å². The molecule has 3 rings (SSSR count). The summed E-state index contributed by atoms with van der Waals surface area (Å²) in [4.78, 5) is 12.7. The summed E-state index contributed by atoms with van der Waals surface area (Å²) >= 11 is 2.43. The number of hydrogen-bond donors (Lipinski definition) is 1. The van der Waals surface area contributed by atoms with E-state index in [1.807, 2.05) is 6.07 Å². The zero-order chi connectivity index (χ0) is 21.9. The number of anilines is 1. The molecule has 158 valence electrons. The number of nitriles is 1. The van der Waals surface area contributed by atoms with Gasteiger partial charge < -0.3 is 5.32 Å². The minimum absolute atomic E-state index is 0.134. The molecule has 0 aliphatic carbocycles. The van der Waals surface area contributed by atoms with Gasteiger partial charge in [0.05, 0.1) is 15.7 Å². The number of aromatic nitrogens is 3. The first kappa shape index (κ1) is 22.2. The van der Waals surface area contributed by atoms with Gasteiger partial charge in [0.25, 0.3) is 0 Å². The fourth-order valence-corrected chi connectivity index (χ4v) is 5.74. The van der Waals surface area contributed by atoms with Crippen molar-refractivity contribution in [1.82, 2.24) is 18.9 Å². The highest BCUT2D eigenvalue weighted by Gasteiger charge is 2.24. The summed E-state index contributed by atoms with van der Waals surface area (Å²) < 4.78 is 28.6. The molecule has 0 aliphatic rings. The monoisotopic (exact) mass is 464 g/mol. The largest absolute Gasteiger partial charge is 0.316 e. The third-order valence-corrected chi connectivity index (χ3v) is 8.28. The van der Waals surface area contributed by atoms with E-state index in [0.717, 1.165) is 11.8 Å². The Morgan fingerprint density at radius 2 is 2.07 bits per heavy atom. The molecule has 0 saturated heterocycles. The number of sulfonamides is 1. The van der Waals surface area contributed by atoms with Crippen molar-refractivity contribution in [2.75, 3.05) is 18.4 Å². The van der Waals surface area contributed by atoms with E-state index in [1.165, 1.54) is 27.9 Å². The van der Waals surface area contributed by atoms with Gasteiger partial charge in [0.15, 0.2) is 10.8 Å². The standard InChI is InChI=1S/C18H20N6O3S3/c1-4-23(5-2)30(26,27)14-6-7-15-21-22-18(24(15)11-14)29-12(3)16(25)20-17-13(10-19)8-9-28-17/h6-9,11-12H,4-5H2,1-3H3,(H,20,25). The molecule has 30 heavy (non-hydrogen) atoms. The summed E-state index contributed by atoms with van der Waals surface area (Å²) in [5.41, 5.74) is 0.887. The lowest BCUT2D eigenvalue weighted by Crippen LogP contribution is -2.30. The van der Waals surface area contributed by atoms with Gasteiger partial charge in [-0.05, 0) is 30.5 Å². The molecule has 12 heteroatoms. The van der Waals surface area contributed by atoms with E-state index in [-0.39, 0.29) is 10.8 Å². The van der Waals surface area contributed by atoms with E-state index < -0.39 is 15.3 Å². The summed E-state index contributed by atoms with van der Waals surface area (Å²) in [6.45, 7) is 6.00. The Morgan fingerprint density at radius 3 is 2.73 bits per heavy atom. The topological polar surface area (TPSA) is 120 Å². The highest BCUT2D eigenvalue weighted by atomic mass is 32.2. The molecular formula is C18H20N6O3S3. The lowest BCUT2D eigenvalue weighted by Gasteiger charge is -2.18. The highest BCUT2D eigenvalue weighted by molar-refractivity contribution is 8.00. The van der Waals surface area contributed by atoms with Crippen molar-refractivity contribution in [1.29, 1.82) is 5.26 Å². The molecular weight excluding hydrogens is 444 g/mol. The molecule has 1 N–H and O–H groups in total. The van der Waals surface area contributed by atoms with Gasteiger partial charge >= 0.3 is 0 Å². The maximum Gasteiger partial charge on any atom is 0.244 e. The van der Waals surface area contributed by atoms with Gasteiger partial charge in [-0.25, -0.2) is 8.42 Å². The molecule has 9 nitrogen and oxygen atoms in total. The Morgan fingerprint density at radius 1 is 1.33 bits per heavy atom. The van der Waals surface area contributed by atoms with Crippen molar-refractivity contribution in [2.24, 2.45) is 0 Å². The summed E-state index contributed by atoms with van der Waals surface area (Å²) in [7, 11) is -3.63. The molecule has 3 aromatic heterocycles. The predicted octanol–water partition coefficient (Wildman–Crippen LogP) is 2.81. The maximum absolute atomic E-state index is 12.8. The fourth-order valence-electron chi connectivity index (χ4n) is 2.72. The van der Waals surface area contributed by atoms with Gasteiger partial charge in [-0.1, -0.05) is 25.6 Å². The highest BCUT2D eigenvalue weighted by Crippen LogP contribution is 2.27. The van der Waals surface area contributed by atoms with E-state index in [1.54, 1.807) is 42.7 Å². The SMILES string of the molecule is CCN(CC)S(=O)(=O)c1ccc2nnc(SC(C)C(=O)Nc3sccc3C#N)n2c1. The Hall–Kier alpha value is -2.46. The van der Waals surface area contributed by atoms with Gasteiger partial charge in [-0.3, -0.25) is 9.20 Å². The minimum atomic E-state index is -3.63. The van der Waals surface area contributed by atoms with Gasteiger partial charge in [0, 0.05) is 19.3 Å². The van der Waals surface area contributed by atoms with Crippen molar-refractivity contribution in [3.8, 4) is 6.07 Å². The van der Waals surface area contributed by atoms with Crippen LogP contribution in [0.1, 0.15) is 26.3 Å². The number of thioether (sulfide) groups is 1. The quantitative estimate of drug-likeness (QED) is 0.509. The smallest absolute Gasteiger partial charge is 0.244 e. The third kappa shape index (κ3) is 4.34. The van der Waals surface area contributed by atoms with E-state index >= 15 is 0 Å². The van der Waals surface area contributed by atoms with Gasteiger partial charge in [0.2, 0.25) is 15.9 Å². The molecule has 0 aliphatic heterocycles. The number of hydrogen-bond acceptors (Lipinski definition) is 8. The number of thiophene rings is 1. The van der Waals surface area contributed by atoms with Gasteiger partial charge in [0.1, 0.15) is 11.1 Å². The average molecular weight is 465 g/mol. The zero-order valence-corrected chi connectivity index (χ0v) is 19.0. The molecule has 1 amide bonds. The first-order valence-electron chi connectivity index (χ1n) is 9.11.